The van der Waals surface area contributed by atoms with Gasteiger partial charge in [-0.05, 0) is 12.8 Å². The van der Waals surface area contributed by atoms with Gasteiger partial charge in [0.25, 0.3) is 0 Å². The second kappa shape index (κ2) is 3.72. The molecule has 1 aromatic heterocycles. The largest absolute Gasteiger partial charge is 0.324 e. The lowest BCUT2D eigenvalue weighted by molar-refractivity contribution is 0.689. The predicted octanol–water partition coefficient (Wildman–Crippen LogP) is 1.39. The van der Waals surface area contributed by atoms with Crippen LogP contribution < -0.4 is 5.73 Å². The molecule has 0 fully saturated rings. The molecular weight excluding hydrogens is 150 g/mol. The van der Waals surface area contributed by atoms with Crippen molar-refractivity contribution < 1.29 is 0 Å². The smallest absolute Gasteiger partial charge is 0.0669 e. The highest BCUT2D eigenvalue weighted by Gasteiger charge is 2.11. The highest BCUT2D eigenvalue weighted by molar-refractivity contribution is 5.20. The predicted molar refractivity (Wildman–Crippen MR) is 49.8 cm³/mol. The SMILES string of the molecule is CCc1nn(C)cc1C(N)CC. The van der Waals surface area contributed by atoms with Crippen LogP contribution in [0.5, 0.6) is 0 Å². The van der Waals surface area contributed by atoms with Crippen LogP contribution in [-0.2, 0) is 13.5 Å². The van der Waals surface area contributed by atoms with Crippen molar-refractivity contribution in [3.05, 3.63) is 17.5 Å². The number of aryl methyl sites for hydroxylation is 2. The van der Waals surface area contributed by atoms with Gasteiger partial charge in [-0.2, -0.15) is 5.10 Å². The number of nitrogens with two attached hydrogens (primary N) is 1. The van der Waals surface area contributed by atoms with Gasteiger partial charge in [0.1, 0.15) is 0 Å². The van der Waals surface area contributed by atoms with E-state index >= 15 is 0 Å². The second-order valence-electron chi connectivity index (χ2n) is 3.07. The summed E-state index contributed by atoms with van der Waals surface area (Å²) in [5.41, 5.74) is 8.26. The highest BCUT2D eigenvalue weighted by Crippen LogP contribution is 2.17. The van der Waals surface area contributed by atoms with E-state index in [0.29, 0.717) is 0 Å². The van der Waals surface area contributed by atoms with Gasteiger partial charge in [-0.3, -0.25) is 4.68 Å². The fourth-order valence-corrected chi connectivity index (χ4v) is 1.36. The van der Waals surface area contributed by atoms with Crippen LogP contribution in [0.1, 0.15) is 37.6 Å². The van der Waals surface area contributed by atoms with Crippen LogP contribution in [0.2, 0.25) is 0 Å². The molecule has 68 valence electrons. The van der Waals surface area contributed by atoms with E-state index in [-0.39, 0.29) is 6.04 Å². The van der Waals surface area contributed by atoms with Crippen molar-refractivity contribution in [1.82, 2.24) is 9.78 Å². The summed E-state index contributed by atoms with van der Waals surface area (Å²) >= 11 is 0. The van der Waals surface area contributed by atoms with Gasteiger partial charge in [-0.25, -0.2) is 0 Å². The van der Waals surface area contributed by atoms with Gasteiger partial charge in [-0.15, -0.1) is 0 Å². The minimum Gasteiger partial charge on any atom is -0.324 e. The van der Waals surface area contributed by atoms with Crippen LogP contribution in [0.25, 0.3) is 0 Å². The molecule has 12 heavy (non-hydrogen) atoms. The van der Waals surface area contributed by atoms with E-state index < -0.39 is 0 Å². The van der Waals surface area contributed by atoms with Gasteiger partial charge in [0.2, 0.25) is 0 Å². The fourth-order valence-electron chi connectivity index (χ4n) is 1.36. The van der Waals surface area contributed by atoms with Crippen molar-refractivity contribution >= 4 is 0 Å². The maximum atomic E-state index is 5.93. The molecule has 0 saturated heterocycles. The summed E-state index contributed by atoms with van der Waals surface area (Å²) in [5, 5.41) is 4.33. The average molecular weight is 167 g/mol. The Labute approximate surface area is 73.6 Å². The minimum atomic E-state index is 0.147. The lowest BCUT2D eigenvalue weighted by atomic mass is 10.1. The zero-order chi connectivity index (χ0) is 9.14. The van der Waals surface area contributed by atoms with Crippen LogP contribution in [0.4, 0.5) is 0 Å². The van der Waals surface area contributed by atoms with Gasteiger partial charge in [0.05, 0.1) is 5.69 Å². The van der Waals surface area contributed by atoms with Crippen molar-refractivity contribution in [2.45, 2.75) is 32.7 Å². The Bertz CT molecular complexity index is 252. The Kier molecular flexibility index (Phi) is 2.87. The van der Waals surface area contributed by atoms with Crippen LogP contribution in [0.3, 0.4) is 0 Å². The molecular formula is C9H17N3. The molecule has 1 unspecified atom stereocenters. The van der Waals surface area contributed by atoms with Gasteiger partial charge in [0.15, 0.2) is 0 Å². The first-order valence-corrected chi connectivity index (χ1v) is 4.47. The minimum absolute atomic E-state index is 0.147. The molecule has 1 rings (SSSR count). The molecule has 0 amide bonds. The molecule has 3 heteroatoms. The highest BCUT2D eigenvalue weighted by atomic mass is 15.3. The number of rotatable bonds is 3. The lowest BCUT2D eigenvalue weighted by Gasteiger charge is -2.06. The van der Waals surface area contributed by atoms with Crippen molar-refractivity contribution in [2.75, 3.05) is 0 Å². The first kappa shape index (κ1) is 9.26. The normalized spacial score (nSPS) is 13.3. The summed E-state index contributed by atoms with van der Waals surface area (Å²) in [4.78, 5) is 0. The molecule has 0 aromatic carbocycles. The Morgan fingerprint density at radius 2 is 2.25 bits per heavy atom. The van der Waals surface area contributed by atoms with Crippen LogP contribution in [0, 0.1) is 0 Å². The van der Waals surface area contributed by atoms with Gasteiger partial charge < -0.3 is 5.73 Å². The molecule has 1 atom stereocenters. The third-order valence-corrected chi connectivity index (χ3v) is 2.11. The zero-order valence-corrected chi connectivity index (χ0v) is 8.04. The maximum Gasteiger partial charge on any atom is 0.0669 e. The maximum absolute atomic E-state index is 5.93. The van der Waals surface area contributed by atoms with Crippen molar-refractivity contribution in [2.24, 2.45) is 12.8 Å². The summed E-state index contributed by atoms with van der Waals surface area (Å²) in [5.74, 6) is 0. The number of aromatic nitrogens is 2. The first-order valence-electron chi connectivity index (χ1n) is 4.47. The Morgan fingerprint density at radius 1 is 1.58 bits per heavy atom. The molecule has 3 nitrogen and oxygen atoms in total. The third-order valence-electron chi connectivity index (χ3n) is 2.11. The second-order valence-corrected chi connectivity index (χ2v) is 3.07. The van der Waals surface area contributed by atoms with E-state index in [9.17, 15) is 0 Å². The summed E-state index contributed by atoms with van der Waals surface area (Å²) < 4.78 is 1.84. The molecule has 0 spiro atoms. The molecule has 0 aliphatic rings. The Morgan fingerprint density at radius 3 is 2.75 bits per heavy atom. The number of hydrogen-bond donors (Lipinski definition) is 1. The Balaban J connectivity index is 2.96. The number of hydrogen-bond acceptors (Lipinski definition) is 2. The molecule has 1 aromatic rings. The molecule has 0 saturated carbocycles. The molecule has 2 N–H and O–H groups in total. The lowest BCUT2D eigenvalue weighted by Crippen LogP contribution is -2.09. The van der Waals surface area contributed by atoms with E-state index in [0.717, 1.165) is 18.5 Å². The topological polar surface area (TPSA) is 43.8 Å². The van der Waals surface area contributed by atoms with E-state index in [4.69, 9.17) is 5.73 Å². The van der Waals surface area contributed by atoms with E-state index in [2.05, 4.69) is 18.9 Å². The average Bonchev–Trinajstić information content (AvgIpc) is 2.45. The van der Waals surface area contributed by atoms with Crippen LogP contribution in [0.15, 0.2) is 6.20 Å². The van der Waals surface area contributed by atoms with Crippen molar-refractivity contribution in [3.63, 3.8) is 0 Å². The van der Waals surface area contributed by atoms with Crippen LogP contribution in [-0.4, -0.2) is 9.78 Å². The van der Waals surface area contributed by atoms with Gasteiger partial charge >= 0.3 is 0 Å². The van der Waals surface area contributed by atoms with E-state index in [1.165, 1.54) is 5.56 Å². The Hall–Kier alpha value is -0.830. The molecule has 0 radical (unpaired) electrons. The summed E-state index contributed by atoms with van der Waals surface area (Å²) in [7, 11) is 1.94. The van der Waals surface area contributed by atoms with Gasteiger partial charge in [0, 0.05) is 24.8 Å². The number of nitrogens with zero attached hydrogens (tertiary/aromatic N) is 2. The monoisotopic (exact) mass is 167 g/mol. The van der Waals surface area contributed by atoms with Crippen LogP contribution >= 0.6 is 0 Å². The van der Waals surface area contributed by atoms with E-state index in [1.54, 1.807) is 0 Å². The summed E-state index contributed by atoms with van der Waals surface area (Å²) in [6.07, 6.45) is 3.95. The fraction of sp³-hybridized carbons (Fsp3) is 0.667. The molecule has 1 heterocycles. The quantitative estimate of drug-likeness (QED) is 0.739. The zero-order valence-electron chi connectivity index (χ0n) is 8.04. The summed E-state index contributed by atoms with van der Waals surface area (Å²) in [6, 6.07) is 0.147. The molecule has 0 aliphatic carbocycles. The van der Waals surface area contributed by atoms with Crippen molar-refractivity contribution in [1.29, 1.82) is 0 Å². The molecule has 0 aliphatic heterocycles. The van der Waals surface area contributed by atoms with E-state index in [1.807, 2.05) is 17.9 Å². The third kappa shape index (κ3) is 1.67. The van der Waals surface area contributed by atoms with Crippen molar-refractivity contribution in [3.8, 4) is 0 Å². The standard InChI is InChI=1S/C9H17N3/c1-4-8(10)7-6-12(3)11-9(7)5-2/h6,8H,4-5,10H2,1-3H3. The molecule has 0 bridgehead atoms. The van der Waals surface area contributed by atoms with Gasteiger partial charge in [-0.1, -0.05) is 13.8 Å². The first-order chi connectivity index (χ1) is 5.69. The summed E-state index contributed by atoms with van der Waals surface area (Å²) in [6.45, 7) is 4.20.